The number of Topliss-reactive ketones (excluding diaryl/α,β-unsaturated/α-hetero) is 1. The van der Waals surface area contributed by atoms with Gasteiger partial charge < -0.3 is 5.32 Å². The van der Waals surface area contributed by atoms with Crippen LogP contribution in [-0.4, -0.2) is 31.0 Å². The van der Waals surface area contributed by atoms with Crippen LogP contribution in [0.4, 0.5) is 5.69 Å². The second-order valence-electron chi connectivity index (χ2n) is 7.30. The van der Waals surface area contributed by atoms with Crippen molar-refractivity contribution < 1.29 is 9.59 Å². The summed E-state index contributed by atoms with van der Waals surface area (Å²) in [5, 5.41) is 7.46. The molecule has 8 nitrogen and oxygen atoms in total. The molecule has 4 rings (SSSR count). The first-order chi connectivity index (χ1) is 14.9. The van der Waals surface area contributed by atoms with E-state index in [0.717, 1.165) is 11.3 Å². The maximum atomic E-state index is 12.8. The van der Waals surface area contributed by atoms with Crippen LogP contribution in [0.3, 0.4) is 0 Å². The molecule has 2 aromatic heterocycles. The maximum absolute atomic E-state index is 12.8. The van der Waals surface area contributed by atoms with Gasteiger partial charge in [0, 0.05) is 24.2 Å². The lowest BCUT2D eigenvalue weighted by molar-refractivity contribution is -0.116. The Balaban J connectivity index is 1.47. The minimum absolute atomic E-state index is 0.0363. The Morgan fingerprint density at radius 2 is 1.74 bits per heavy atom. The van der Waals surface area contributed by atoms with Crippen LogP contribution in [-0.2, 0) is 11.3 Å². The minimum atomic E-state index is -0.248. The Kier molecular flexibility index (Phi) is 5.44. The molecule has 0 saturated carbocycles. The Morgan fingerprint density at radius 1 is 1.03 bits per heavy atom. The topological polar surface area (TPSA) is 98.9 Å². The molecule has 2 heterocycles. The van der Waals surface area contributed by atoms with E-state index in [1.807, 2.05) is 31.2 Å². The molecule has 0 saturated heterocycles. The number of amides is 1. The number of anilines is 1. The molecule has 8 heteroatoms. The number of carbonyl (C=O) groups is 2. The highest BCUT2D eigenvalue weighted by Crippen LogP contribution is 2.14. The van der Waals surface area contributed by atoms with E-state index in [0.29, 0.717) is 22.3 Å². The highest BCUT2D eigenvalue weighted by atomic mass is 16.2. The van der Waals surface area contributed by atoms with Crippen LogP contribution in [0.2, 0.25) is 0 Å². The van der Waals surface area contributed by atoms with E-state index in [9.17, 15) is 14.4 Å². The van der Waals surface area contributed by atoms with Crippen molar-refractivity contribution in [2.75, 3.05) is 5.32 Å². The number of hydrogen-bond acceptors (Lipinski definition) is 5. The molecule has 2 aromatic carbocycles. The molecule has 0 atom stereocenters. The fourth-order valence-electron chi connectivity index (χ4n) is 3.22. The molecule has 4 aromatic rings. The first-order valence-corrected chi connectivity index (χ1v) is 9.83. The van der Waals surface area contributed by atoms with Crippen molar-refractivity contribution in [3.05, 3.63) is 82.5 Å². The smallest absolute Gasteiger partial charge is 0.264 e. The summed E-state index contributed by atoms with van der Waals surface area (Å²) < 4.78 is 3.03. The summed E-state index contributed by atoms with van der Waals surface area (Å²) in [5.41, 5.74) is 3.34. The first kappa shape index (κ1) is 20.2. The molecule has 0 spiro atoms. The van der Waals surface area contributed by atoms with E-state index in [1.165, 1.54) is 24.0 Å². The maximum Gasteiger partial charge on any atom is 0.264 e. The lowest BCUT2D eigenvalue weighted by atomic mass is 10.1. The molecule has 1 N–H and O–H groups in total. The molecule has 0 aliphatic carbocycles. The van der Waals surface area contributed by atoms with Crippen LogP contribution in [0.1, 0.15) is 29.3 Å². The highest BCUT2D eigenvalue weighted by molar-refractivity contribution is 5.95. The van der Waals surface area contributed by atoms with E-state index >= 15 is 0 Å². The normalized spacial score (nSPS) is 10.9. The molecule has 0 aliphatic heterocycles. The van der Waals surface area contributed by atoms with E-state index in [2.05, 4.69) is 15.4 Å². The lowest BCUT2D eigenvalue weighted by Gasteiger charge is -2.08. The van der Waals surface area contributed by atoms with Gasteiger partial charge in [0.25, 0.3) is 5.56 Å². The van der Waals surface area contributed by atoms with Crippen LogP contribution in [0.5, 0.6) is 0 Å². The Labute approximate surface area is 178 Å². The summed E-state index contributed by atoms with van der Waals surface area (Å²) in [7, 11) is 0. The zero-order valence-electron chi connectivity index (χ0n) is 17.2. The van der Waals surface area contributed by atoms with Gasteiger partial charge in [0.15, 0.2) is 11.4 Å². The van der Waals surface area contributed by atoms with Crippen molar-refractivity contribution in [1.82, 2.24) is 19.3 Å². The monoisotopic (exact) mass is 415 g/mol. The largest absolute Gasteiger partial charge is 0.326 e. The summed E-state index contributed by atoms with van der Waals surface area (Å²) in [6, 6.07) is 14.4. The third kappa shape index (κ3) is 4.28. The van der Waals surface area contributed by atoms with Gasteiger partial charge in [-0.05, 0) is 50.2 Å². The predicted molar refractivity (Wildman–Crippen MR) is 118 cm³/mol. The first-order valence-electron chi connectivity index (χ1n) is 9.83. The van der Waals surface area contributed by atoms with E-state index in [-0.39, 0.29) is 30.2 Å². The van der Waals surface area contributed by atoms with Gasteiger partial charge in [-0.3, -0.25) is 19.0 Å². The predicted octanol–water partition coefficient (Wildman–Crippen LogP) is 3.12. The average molecular weight is 415 g/mol. The number of aromatic nitrogens is 4. The number of nitrogens with one attached hydrogen (secondary N) is 1. The number of rotatable bonds is 6. The summed E-state index contributed by atoms with van der Waals surface area (Å²) in [4.78, 5) is 40.8. The van der Waals surface area contributed by atoms with Gasteiger partial charge in [-0.15, -0.1) is 0 Å². The molecule has 31 heavy (non-hydrogen) atoms. The van der Waals surface area contributed by atoms with Crippen LogP contribution in [0.15, 0.2) is 65.8 Å². The SMILES string of the molecule is CC(=O)c1ccc(NC(=O)CCn2cnc3c(cnn3-c3ccc(C)cc3)c2=O)cc1. The second kappa shape index (κ2) is 8.35. The molecule has 0 radical (unpaired) electrons. The third-order valence-corrected chi connectivity index (χ3v) is 4.99. The summed E-state index contributed by atoms with van der Waals surface area (Å²) >= 11 is 0. The lowest BCUT2D eigenvalue weighted by Crippen LogP contribution is -2.23. The quantitative estimate of drug-likeness (QED) is 0.488. The van der Waals surface area contributed by atoms with Crippen LogP contribution in [0, 0.1) is 6.92 Å². The number of carbonyl (C=O) groups excluding carboxylic acids is 2. The number of nitrogens with zero attached hydrogens (tertiary/aromatic N) is 4. The molecular formula is C23H21N5O3. The fourth-order valence-corrected chi connectivity index (χ4v) is 3.22. The van der Waals surface area contributed by atoms with Gasteiger partial charge in [0.1, 0.15) is 5.39 Å². The van der Waals surface area contributed by atoms with Crippen LogP contribution >= 0.6 is 0 Å². The van der Waals surface area contributed by atoms with Crippen molar-refractivity contribution in [3.8, 4) is 5.69 Å². The molecule has 0 aliphatic rings. The second-order valence-corrected chi connectivity index (χ2v) is 7.30. The molecule has 0 fully saturated rings. The Morgan fingerprint density at radius 3 is 2.42 bits per heavy atom. The van der Waals surface area contributed by atoms with E-state index in [1.54, 1.807) is 28.9 Å². The summed E-state index contributed by atoms with van der Waals surface area (Å²) in [6.45, 7) is 3.68. The summed E-state index contributed by atoms with van der Waals surface area (Å²) in [6.07, 6.45) is 3.04. The van der Waals surface area contributed by atoms with Crippen molar-refractivity contribution in [3.63, 3.8) is 0 Å². The van der Waals surface area contributed by atoms with Crippen molar-refractivity contribution in [2.45, 2.75) is 26.8 Å². The molecule has 1 amide bonds. The summed E-state index contributed by atoms with van der Waals surface area (Å²) in [5.74, 6) is -0.274. The van der Waals surface area contributed by atoms with Crippen LogP contribution in [0.25, 0.3) is 16.7 Å². The fraction of sp³-hybridized carbons (Fsp3) is 0.174. The number of hydrogen-bond donors (Lipinski definition) is 1. The van der Waals surface area contributed by atoms with E-state index < -0.39 is 0 Å². The molecular weight excluding hydrogens is 394 g/mol. The number of fused-ring (bicyclic) bond motifs is 1. The van der Waals surface area contributed by atoms with Crippen molar-refractivity contribution in [1.29, 1.82) is 0 Å². The number of ketones is 1. The number of benzene rings is 2. The van der Waals surface area contributed by atoms with Crippen molar-refractivity contribution >= 4 is 28.4 Å². The van der Waals surface area contributed by atoms with Gasteiger partial charge in [0.2, 0.25) is 5.91 Å². The number of aryl methyl sites for hydroxylation is 2. The van der Waals surface area contributed by atoms with Crippen LogP contribution < -0.4 is 10.9 Å². The van der Waals surface area contributed by atoms with Gasteiger partial charge >= 0.3 is 0 Å². The molecule has 0 bridgehead atoms. The molecule has 0 unspecified atom stereocenters. The minimum Gasteiger partial charge on any atom is -0.326 e. The third-order valence-electron chi connectivity index (χ3n) is 4.99. The standard InChI is InChI=1S/C23H21N5O3/c1-15-3-9-19(10-4-15)28-22-20(13-25-28)23(31)27(14-24-22)12-11-21(30)26-18-7-5-17(6-8-18)16(2)29/h3-10,13-14H,11-12H2,1-2H3,(H,26,30). The van der Waals surface area contributed by atoms with E-state index in [4.69, 9.17) is 0 Å². The van der Waals surface area contributed by atoms with Crippen molar-refractivity contribution in [2.24, 2.45) is 0 Å². The zero-order chi connectivity index (χ0) is 22.0. The van der Waals surface area contributed by atoms with Gasteiger partial charge in [-0.25, -0.2) is 9.67 Å². The average Bonchev–Trinajstić information content (AvgIpc) is 3.19. The van der Waals surface area contributed by atoms with Gasteiger partial charge in [0.05, 0.1) is 18.2 Å². The Hall–Kier alpha value is -4.07. The molecule has 156 valence electrons. The highest BCUT2D eigenvalue weighted by Gasteiger charge is 2.12. The zero-order valence-corrected chi connectivity index (χ0v) is 17.2. The van der Waals surface area contributed by atoms with Gasteiger partial charge in [-0.1, -0.05) is 17.7 Å². The van der Waals surface area contributed by atoms with Gasteiger partial charge in [-0.2, -0.15) is 5.10 Å². The Bertz CT molecular complexity index is 1320.